The molecular formula is C18H18N6O. The smallest absolute Gasteiger partial charge is 0.253 e. The Hall–Kier alpha value is -2.96. The van der Waals surface area contributed by atoms with Crippen molar-refractivity contribution in [1.29, 1.82) is 0 Å². The molecule has 0 radical (unpaired) electrons. The lowest BCUT2D eigenvalue weighted by Gasteiger charge is -2.22. The van der Waals surface area contributed by atoms with E-state index < -0.39 is 0 Å². The second kappa shape index (κ2) is 5.54. The van der Waals surface area contributed by atoms with Crippen LogP contribution in [0.25, 0.3) is 5.65 Å². The number of aromatic nitrogens is 4. The van der Waals surface area contributed by atoms with Crippen LogP contribution in [0.4, 0.5) is 5.82 Å². The standard InChI is InChI=1S/C18H18N6O/c25-18(13-4-2-1-3-5-13)23-10-14-8-22(9-15(14)11-23)17-7-6-16-20-19-12-24(16)21-17/h1-7,12,14-15H,8-11H2. The molecule has 2 unspecified atom stereocenters. The van der Waals surface area contributed by atoms with Crippen LogP contribution in [-0.4, -0.2) is 56.8 Å². The van der Waals surface area contributed by atoms with Crippen molar-refractivity contribution in [3.05, 3.63) is 54.4 Å². The monoisotopic (exact) mass is 334 g/mol. The fraction of sp³-hybridized carbons (Fsp3) is 0.333. The van der Waals surface area contributed by atoms with Gasteiger partial charge in [-0.2, -0.15) is 4.52 Å². The SMILES string of the molecule is O=C(c1ccccc1)N1CC2CN(c3ccc4nncn4n3)CC2C1. The molecule has 0 bridgehead atoms. The number of fused-ring (bicyclic) bond motifs is 2. The maximum Gasteiger partial charge on any atom is 0.253 e. The van der Waals surface area contributed by atoms with Crippen molar-refractivity contribution in [2.24, 2.45) is 11.8 Å². The minimum Gasteiger partial charge on any atom is -0.354 e. The molecule has 3 aromatic rings. The second-order valence-corrected chi connectivity index (χ2v) is 6.83. The molecule has 2 aromatic heterocycles. The summed E-state index contributed by atoms with van der Waals surface area (Å²) in [5, 5.41) is 12.4. The lowest BCUT2D eigenvalue weighted by molar-refractivity contribution is 0.0782. The van der Waals surface area contributed by atoms with E-state index in [1.165, 1.54) is 0 Å². The van der Waals surface area contributed by atoms with E-state index in [0.717, 1.165) is 43.2 Å². The van der Waals surface area contributed by atoms with Gasteiger partial charge in [0.05, 0.1) is 0 Å². The van der Waals surface area contributed by atoms with Crippen molar-refractivity contribution in [3.8, 4) is 0 Å². The van der Waals surface area contributed by atoms with E-state index in [9.17, 15) is 4.79 Å². The van der Waals surface area contributed by atoms with E-state index in [1.807, 2.05) is 47.4 Å². The first kappa shape index (κ1) is 14.4. The Balaban J connectivity index is 1.29. The van der Waals surface area contributed by atoms with Crippen LogP contribution in [-0.2, 0) is 0 Å². The van der Waals surface area contributed by atoms with Gasteiger partial charge >= 0.3 is 0 Å². The van der Waals surface area contributed by atoms with E-state index in [0.29, 0.717) is 11.8 Å². The van der Waals surface area contributed by atoms with Gasteiger partial charge in [0.15, 0.2) is 5.65 Å². The number of carbonyl (C=O) groups excluding carboxylic acids is 1. The van der Waals surface area contributed by atoms with Crippen LogP contribution in [0.15, 0.2) is 48.8 Å². The maximum atomic E-state index is 12.6. The van der Waals surface area contributed by atoms with Crippen molar-refractivity contribution in [2.45, 2.75) is 0 Å². The Labute approximate surface area is 144 Å². The summed E-state index contributed by atoms with van der Waals surface area (Å²) in [4.78, 5) is 16.9. The quantitative estimate of drug-likeness (QED) is 0.707. The third kappa shape index (κ3) is 2.43. The van der Waals surface area contributed by atoms with Crippen LogP contribution in [0.1, 0.15) is 10.4 Å². The van der Waals surface area contributed by atoms with Crippen LogP contribution in [0.2, 0.25) is 0 Å². The molecular weight excluding hydrogens is 316 g/mol. The molecule has 0 aliphatic carbocycles. The number of nitrogens with zero attached hydrogens (tertiary/aromatic N) is 6. The first-order valence-corrected chi connectivity index (χ1v) is 8.54. The average molecular weight is 334 g/mol. The van der Waals surface area contributed by atoms with Gasteiger partial charge in [-0.3, -0.25) is 4.79 Å². The van der Waals surface area contributed by atoms with Gasteiger partial charge in [0.1, 0.15) is 12.1 Å². The number of carbonyl (C=O) groups is 1. The van der Waals surface area contributed by atoms with Crippen LogP contribution < -0.4 is 4.90 Å². The van der Waals surface area contributed by atoms with Gasteiger partial charge in [0, 0.05) is 43.6 Å². The number of amides is 1. The highest BCUT2D eigenvalue weighted by molar-refractivity contribution is 5.94. The van der Waals surface area contributed by atoms with Gasteiger partial charge in [-0.15, -0.1) is 15.3 Å². The summed E-state index contributed by atoms with van der Waals surface area (Å²) in [5.74, 6) is 2.10. The van der Waals surface area contributed by atoms with Crippen molar-refractivity contribution < 1.29 is 4.79 Å². The highest BCUT2D eigenvalue weighted by Gasteiger charge is 2.42. The topological polar surface area (TPSA) is 66.6 Å². The van der Waals surface area contributed by atoms with Gasteiger partial charge in [0.2, 0.25) is 0 Å². The summed E-state index contributed by atoms with van der Waals surface area (Å²) in [6.07, 6.45) is 1.62. The molecule has 2 fully saturated rings. The van der Waals surface area contributed by atoms with E-state index in [2.05, 4.69) is 20.2 Å². The minimum atomic E-state index is 0.144. The molecule has 5 rings (SSSR count). The molecule has 25 heavy (non-hydrogen) atoms. The van der Waals surface area contributed by atoms with E-state index in [4.69, 9.17) is 0 Å². The number of likely N-dealkylation sites (tertiary alicyclic amines) is 1. The molecule has 2 atom stereocenters. The Bertz CT molecular complexity index is 909. The van der Waals surface area contributed by atoms with Gasteiger partial charge < -0.3 is 9.80 Å². The predicted molar refractivity (Wildman–Crippen MR) is 92.3 cm³/mol. The number of hydrogen-bond acceptors (Lipinski definition) is 5. The normalized spacial score (nSPS) is 22.6. The Morgan fingerprint density at radius 1 is 0.960 bits per heavy atom. The highest BCUT2D eigenvalue weighted by atomic mass is 16.2. The van der Waals surface area contributed by atoms with Gasteiger partial charge in [-0.1, -0.05) is 18.2 Å². The zero-order valence-electron chi connectivity index (χ0n) is 13.7. The van der Waals surface area contributed by atoms with Gasteiger partial charge in [0.25, 0.3) is 5.91 Å². The summed E-state index contributed by atoms with van der Waals surface area (Å²) in [6, 6.07) is 13.5. The van der Waals surface area contributed by atoms with Crippen molar-refractivity contribution in [2.75, 3.05) is 31.1 Å². The van der Waals surface area contributed by atoms with E-state index >= 15 is 0 Å². The average Bonchev–Trinajstić information content (AvgIpc) is 3.35. The zero-order valence-corrected chi connectivity index (χ0v) is 13.7. The Morgan fingerprint density at radius 3 is 2.48 bits per heavy atom. The molecule has 4 heterocycles. The zero-order chi connectivity index (χ0) is 16.8. The summed E-state index contributed by atoms with van der Waals surface area (Å²) in [7, 11) is 0. The third-order valence-corrected chi connectivity index (χ3v) is 5.27. The van der Waals surface area contributed by atoms with Crippen molar-refractivity contribution >= 4 is 17.4 Å². The van der Waals surface area contributed by atoms with Gasteiger partial charge in [-0.05, 0) is 24.3 Å². The Kier molecular flexibility index (Phi) is 3.19. The van der Waals surface area contributed by atoms with Crippen LogP contribution in [0, 0.1) is 11.8 Å². The molecule has 0 saturated carbocycles. The summed E-state index contributed by atoms with van der Waals surface area (Å²) < 4.78 is 1.70. The molecule has 1 amide bonds. The number of rotatable bonds is 2. The lowest BCUT2D eigenvalue weighted by atomic mass is 10.0. The largest absolute Gasteiger partial charge is 0.354 e. The predicted octanol–water partition coefficient (Wildman–Crippen LogP) is 1.33. The van der Waals surface area contributed by atoms with Crippen LogP contribution in [0.5, 0.6) is 0 Å². The summed E-state index contributed by atoms with van der Waals surface area (Å²) >= 11 is 0. The number of anilines is 1. The minimum absolute atomic E-state index is 0.144. The summed E-state index contributed by atoms with van der Waals surface area (Å²) in [5.41, 5.74) is 1.53. The molecule has 1 aromatic carbocycles. The van der Waals surface area contributed by atoms with Crippen LogP contribution in [0.3, 0.4) is 0 Å². The maximum absolute atomic E-state index is 12.6. The highest BCUT2D eigenvalue weighted by Crippen LogP contribution is 2.33. The molecule has 0 spiro atoms. The van der Waals surface area contributed by atoms with Crippen molar-refractivity contribution in [3.63, 3.8) is 0 Å². The fourth-order valence-electron chi connectivity index (χ4n) is 4.00. The molecule has 7 nitrogen and oxygen atoms in total. The first-order chi connectivity index (χ1) is 12.3. The van der Waals surface area contributed by atoms with Crippen molar-refractivity contribution in [1.82, 2.24) is 24.7 Å². The number of benzene rings is 1. The lowest BCUT2D eigenvalue weighted by Crippen LogP contribution is -2.33. The van der Waals surface area contributed by atoms with Crippen LogP contribution >= 0.6 is 0 Å². The molecule has 7 heteroatoms. The summed E-state index contributed by atoms with van der Waals surface area (Å²) in [6.45, 7) is 3.52. The fourth-order valence-corrected chi connectivity index (χ4v) is 4.00. The third-order valence-electron chi connectivity index (χ3n) is 5.27. The van der Waals surface area contributed by atoms with Gasteiger partial charge in [-0.25, -0.2) is 0 Å². The molecule has 2 saturated heterocycles. The molecule has 126 valence electrons. The molecule has 2 aliphatic rings. The molecule has 2 aliphatic heterocycles. The first-order valence-electron chi connectivity index (χ1n) is 8.54. The van der Waals surface area contributed by atoms with E-state index in [1.54, 1.807) is 10.8 Å². The molecule has 0 N–H and O–H groups in total. The second-order valence-electron chi connectivity index (χ2n) is 6.83. The Morgan fingerprint density at radius 2 is 1.72 bits per heavy atom. The number of hydrogen-bond donors (Lipinski definition) is 0. The van der Waals surface area contributed by atoms with E-state index in [-0.39, 0.29) is 5.91 Å².